The first-order valence-corrected chi connectivity index (χ1v) is 6.08. The highest BCUT2D eigenvalue weighted by atomic mass is 79.9. The van der Waals surface area contributed by atoms with Crippen LogP contribution in [0.15, 0.2) is 12.4 Å². The number of aromatic nitrogens is 2. The van der Waals surface area contributed by atoms with Gasteiger partial charge in [0.25, 0.3) is 5.91 Å². The number of hydrogen-bond acceptors (Lipinski definition) is 2. The number of halogens is 1. The molecule has 1 rings (SSSR count). The van der Waals surface area contributed by atoms with E-state index in [4.69, 9.17) is 0 Å². The van der Waals surface area contributed by atoms with Crippen molar-refractivity contribution >= 4 is 21.8 Å². The van der Waals surface area contributed by atoms with Crippen LogP contribution >= 0.6 is 15.9 Å². The number of rotatable bonds is 5. The quantitative estimate of drug-likeness (QED) is 0.828. The lowest BCUT2D eigenvalue weighted by molar-refractivity contribution is 0.0948. The smallest absolute Gasteiger partial charge is 0.254 e. The fourth-order valence-electron chi connectivity index (χ4n) is 1.20. The zero-order valence-corrected chi connectivity index (χ0v) is 10.6. The molecule has 0 aliphatic rings. The minimum atomic E-state index is -0.0514. The monoisotopic (exact) mass is 273 g/mol. The van der Waals surface area contributed by atoms with E-state index in [0.29, 0.717) is 18.0 Å². The van der Waals surface area contributed by atoms with Gasteiger partial charge in [0.05, 0.1) is 11.8 Å². The summed E-state index contributed by atoms with van der Waals surface area (Å²) < 4.78 is 1.62. The molecule has 1 aromatic rings. The molecule has 84 valence electrons. The number of nitrogens with zero attached hydrogens (tertiary/aromatic N) is 2. The van der Waals surface area contributed by atoms with Gasteiger partial charge in [-0.05, 0) is 12.3 Å². The molecular formula is C10H16BrN3O. The van der Waals surface area contributed by atoms with Crippen LogP contribution in [0.2, 0.25) is 0 Å². The normalized spacial score (nSPS) is 12.5. The number of nitrogens with one attached hydrogen (secondary N) is 1. The molecule has 1 unspecified atom stereocenters. The first-order valence-electron chi connectivity index (χ1n) is 4.96. The Morgan fingerprint density at radius 2 is 2.47 bits per heavy atom. The highest BCUT2D eigenvalue weighted by molar-refractivity contribution is 9.09. The topological polar surface area (TPSA) is 46.9 Å². The average Bonchev–Trinajstić information content (AvgIpc) is 2.62. The Balaban J connectivity index is 2.36. The van der Waals surface area contributed by atoms with Gasteiger partial charge in [-0.2, -0.15) is 5.10 Å². The van der Waals surface area contributed by atoms with E-state index in [9.17, 15) is 4.79 Å². The number of aryl methyl sites for hydroxylation is 1. The molecule has 1 aromatic heterocycles. The molecule has 4 nitrogen and oxygen atoms in total. The van der Waals surface area contributed by atoms with Crippen molar-refractivity contribution in [2.75, 3.05) is 11.9 Å². The third-order valence-electron chi connectivity index (χ3n) is 2.18. The molecular weight excluding hydrogens is 258 g/mol. The number of hydrogen-bond donors (Lipinski definition) is 1. The van der Waals surface area contributed by atoms with Crippen LogP contribution in [0, 0.1) is 5.92 Å². The van der Waals surface area contributed by atoms with E-state index in [1.165, 1.54) is 0 Å². The van der Waals surface area contributed by atoms with E-state index in [0.717, 1.165) is 11.8 Å². The van der Waals surface area contributed by atoms with Crippen LogP contribution in [0.5, 0.6) is 0 Å². The summed E-state index contributed by atoms with van der Waals surface area (Å²) in [5.41, 5.74) is 0.614. The van der Waals surface area contributed by atoms with E-state index in [-0.39, 0.29) is 5.91 Å². The van der Waals surface area contributed by atoms with Crippen molar-refractivity contribution in [1.82, 2.24) is 15.1 Å². The molecule has 0 aliphatic heterocycles. The molecule has 0 fully saturated rings. The lowest BCUT2D eigenvalue weighted by atomic mass is 10.1. The van der Waals surface area contributed by atoms with Crippen molar-refractivity contribution in [3.8, 4) is 0 Å². The zero-order valence-electron chi connectivity index (χ0n) is 9.03. The van der Waals surface area contributed by atoms with Gasteiger partial charge < -0.3 is 5.32 Å². The molecule has 1 amide bonds. The van der Waals surface area contributed by atoms with Crippen molar-refractivity contribution in [2.24, 2.45) is 13.0 Å². The first kappa shape index (κ1) is 12.2. The largest absolute Gasteiger partial charge is 0.352 e. The molecule has 15 heavy (non-hydrogen) atoms. The summed E-state index contributed by atoms with van der Waals surface area (Å²) in [6.07, 6.45) is 4.35. The van der Waals surface area contributed by atoms with Crippen molar-refractivity contribution in [3.63, 3.8) is 0 Å². The van der Waals surface area contributed by atoms with Gasteiger partial charge in [-0.1, -0.05) is 22.9 Å². The third kappa shape index (κ3) is 4.03. The predicted octanol–water partition coefficient (Wildman–Crippen LogP) is 1.57. The van der Waals surface area contributed by atoms with Crippen LogP contribution in [0.3, 0.4) is 0 Å². The van der Waals surface area contributed by atoms with Crippen LogP contribution < -0.4 is 5.32 Å². The Kier molecular flexibility index (Phi) is 4.81. The van der Waals surface area contributed by atoms with Gasteiger partial charge in [0.2, 0.25) is 0 Å². The maximum atomic E-state index is 11.6. The standard InChI is InChI=1S/C10H16BrN3O/c1-8(3-4-11)5-12-10(15)9-6-13-14(2)7-9/h6-8H,3-5H2,1-2H3,(H,12,15). The SMILES string of the molecule is CC(CCBr)CNC(=O)c1cnn(C)c1. The second kappa shape index (κ2) is 5.90. The lowest BCUT2D eigenvalue weighted by Crippen LogP contribution is -2.28. The Morgan fingerprint density at radius 3 is 3.00 bits per heavy atom. The molecule has 0 saturated heterocycles. The van der Waals surface area contributed by atoms with Crippen LogP contribution in [0.25, 0.3) is 0 Å². The zero-order chi connectivity index (χ0) is 11.3. The van der Waals surface area contributed by atoms with Crippen molar-refractivity contribution in [1.29, 1.82) is 0 Å². The van der Waals surface area contributed by atoms with Gasteiger partial charge in [-0.3, -0.25) is 9.48 Å². The minimum absolute atomic E-state index is 0.0514. The Labute approximate surface area is 98.2 Å². The fourth-order valence-corrected chi connectivity index (χ4v) is 1.98. The average molecular weight is 274 g/mol. The van der Waals surface area contributed by atoms with Gasteiger partial charge in [0.15, 0.2) is 0 Å². The maximum Gasteiger partial charge on any atom is 0.254 e. The van der Waals surface area contributed by atoms with Crippen molar-refractivity contribution < 1.29 is 4.79 Å². The summed E-state index contributed by atoms with van der Waals surface area (Å²) in [7, 11) is 1.80. The van der Waals surface area contributed by atoms with E-state index < -0.39 is 0 Å². The number of alkyl halides is 1. The number of amides is 1. The number of carbonyl (C=O) groups excluding carboxylic acids is 1. The van der Waals surface area contributed by atoms with Crippen LogP contribution in [0.1, 0.15) is 23.7 Å². The summed E-state index contributed by atoms with van der Waals surface area (Å²) in [4.78, 5) is 11.6. The summed E-state index contributed by atoms with van der Waals surface area (Å²) in [6, 6.07) is 0. The predicted molar refractivity (Wildman–Crippen MR) is 63.1 cm³/mol. The highest BCUT2D eigenvalue weighted by Crippen LogP contribution is 2.03. The van der Waals surface area contributed by atoms with E-state index >= 15 is 0 Å². The van der Waals surface area contributed by atoms with E-state index in [1.54, 1.807) is 24.1 Å². The van der Waals surface area contributed by atoms with Crippen LogP contribution in [0.4, 0.5) is 0 Å². The molecule has 0 saturated carbocycles. The molecule has 1 heterocycles. The van der Waals surface area contributed by atoms with Crippen LogP contribution in [-0.2, 0) is 7.05 Å². The molecule has 0 aliphatic carbocycles. The second-order valence-electron chi connectivity index (χ2n) is 3.70. The third-order valence-corrected chi connectivity index (χ3v) is 2.64. The lowest BCUT2D eigenvalue weighted by Gasteiger charge is -2.09. The highest BCUT2D eigenvalue weighted by Gasteiger charge is 2.08. The summed E-state index contributed by atoms with van der Waals surface area (Å²) in [6.45, 7) is 2.82. The Hall–Kier alpha value is -0.840. The molecule has 0 bridgehead atoms. The maximum absolute atomic E-state index is 11.6. The Morgan fingerprint density at radius 1 is 1.73 bits per heavy atom. The molecule has 5 heteroatoms. The summed E-state index contributed by atoms with van der Waals surface area (Å²) in [5, 5.41) is 7.80. The molecule has 0 spiro atoms. The molecule has 1 atom stereocenters. The molecule has 0 aromatic carbocycles. The van der Waals surface area contributed by atoms with Crippen molar-refractivity contribution in [3.05, 3.63) is 18.0 Å². The van der Waals surface area contributed by atoms with Gasteiger partial charge in [0.1, 0.15) is 0 Å². The van der Waals surface area contributed by atoms with Gasteiger partial charge in [-0.25, -0.2) is 0 Å². The van der Waals surface area contributed by atoms with Crippen LogP contribution in [-0.4, -0.2) is 27.6 Å². The first-order chi connectivity index (χ1) is 7.13. The molecule has 1 N–H and O–H groups in total. The van der Waals surface area contributed by atoms with Gasteiger partial charge in [0, 0.05) is 25.1 Å². The fraction of sp³-hybridized carbons (Fsp3) is 0.600. The summed E-state index contributed by atoms with van der Waals surface area (Å²) in [5.74, 6) is 0.439. The molecule has 0 radical (unpaired) electrons. The van der Waals surface area contributed by atoms with Gasteiger partial charge in [-0.15, -0.1) is 0 Å². The number of carbonyl (C=O) groups is 1. The minimum Gasteiger partial charge on any atom is -0.352 e. The van der Waals surface area contributed by atoms with Crippen molar-refractivity contribution in [2.45, 2.75) is 13.3 Å². The van der Waals surface area contributed by atoms with Gasteiger partial charge >= 0.3 is 0 Å². The summed E-state index contributed by atoms with van der Waals surface area (Å²) >= 11 is 3.38. The van der Waals surface area contributed by atoms with E-state index in [1.807, 2.05) is 0 Å². The second-order valence-corrected chi connectivity index (χ2v) is 4.49. The Bertz CT molecular complexity index is 324. The van der Waals surface area contributed by atoms with E-state index in [2.05, 4.69) is 33.3 Å².